The molecule has 0 spiro atoms. The summed E-state index contributed by atoms with van der Waals surface area (Å²) in [4.78, 5) is 27.8. The van der Waals surface area contributed by atoms with Crippen LogP contribution in [-0.2, 0) is 21.9 Å². The Morgan fingerprint density at radius 2 is 1.78 bits per heavy atom. The largest absolute Gasteiger partial charge is 0.352 e. The molecule has 1 atom stereocenters. The number of thioether (sulfide) groups is 1. The van der Waals surface area contributed by atoms with E-state index in [1.807, 2.05) is 6.07 Å². The zero-order valence-corrected chi connectivity index (χ0v) is 20.9. The summed E-state index contributed by atoms with van der Waals surface area (Å²) in [5.74, 6) is 0.776. The second-order valence-corrected chi connectivity index (χ2v) is 10.2. The quantitative estimate of drug-likeness (QED) is 0.466. The molecule has 4 nitrogen and oxygen atoms in total. The Bertz CT molecular complexity index is 927. The molecule has 0 saturated heterocycles. The summed E-state index contributed by atoms with van der Waals surface area (Å²) in [6.07, 6.45) is 4.25. The Labute approximate surface area is 205 Å². The Hall–Kier alpha value is -1.69. The van der Waals surface area contributed by atoms with Crippen LogP contribution >= 0.6 is 35.0 Å². The van der Waals surface area contributed by atoms with Crippen LogP contribution in [0.5, 0.6) is 0 Å². The Morgan fingerprint density at radius 3 is 2.44 bits per heavy atom. The summed E-state index contributed by atoms with van der Waals surface area (Å²) in [5, 5.41) is 4.10. The molecule has 0 bridgehead atoms. The van der Waals surface area contributed by atoms with E-state index in [1.165, 1.54) is 11.1 Å². The minimum absolute atomic E-state index is 0.104. The molecule has 0 radical (unpaired) electrons. The lowest BCUT2D eigenvalue weighted by atomic mass is 10.1. The van der Waals surface area contributed by atoms with E-state index in [4.69, 9.17) is 23.2 Å². The van der Waals surface area contributed by atoms with E-state index in [9.17, 15) is 9.59 Å². The second-order valence-electron chi connectivity index (χ2n) is 8.37. The molecule has 3 rings (SSSR count). The molecular formula is C25H30Cl2N2O2S. The van der Waals surface area contributed by atoms with Gasteiger partial charge >= 0.3 is 0 Å². The van der Waals surface area contributed by atoms with Crippen molar-refractivity contribution in [1.82, 2.24) is 10.2 Å². The molecule has 0 aromatic heterocycles. The summed E-state index contributed by atoms with van der Waals surface area (Å²) in [6, 6.07) is 13.1. The van der Waals surface area contributed by atoms with Crippen LogP contribution in [0.2, 0.25) is 10.0 Å². The number of amides is 2. The van der Waals surface area contributed by atoms with Gasteiger partial charge in [0, 0.05) is 33.9 Å². The maximum Gasteiger partial charge on any atom is 0.242 e. The molecule has 2 aromatic rings. The van der Waals surface area contributed by atoms with Crippen molar-refractivity contribution in [1.29, 1.82) is 0 Å². The molecule has 1 fully saturated rings. The summed E-state index contributed by atoms with van der Waals surface area (Å²) in [7, 11) is 0. The molecule has 1 aliphatic carbocycles. The van der Waals surface area contributed by atoms with Gasteiger partial charge in [0.25, 0.3) is 0 Å². The molecule has 1 saturated carbocycles. The number of aryl methyl sites for hydroxylation is 1. The van der Waals surface area contributed by atoms with Gasteiger partial charge < -0.3 is 10.2 Å². The van der Waals surface area contributed by atoms with Gasteiger partial charge in [0.2, 0.25) is 11.8 Å². The number of halogens is 2. The third kappa shape index (κ3) is 6.90. The topological polar surface area (TPSA) is 49.4 Å². The zero-order chi connectivity index (χ0) is 23.1. The van der Waals surface area contributed by atoms with Crippen molar-refractivity contribution in [3.8, 4) is 0 Å². The van der Waals surface area contributed by atoms with Crippen molar-refractivity contribution >= 4 is 46.8 Å². The molecule has 172 valence electrons. The minimum atomic E-state index is -0.616. The van der Waals surface area contributed by atoms with E-state index >= 15 is 0 Å². The smallest absolute Gasteiger partial charge is 0.242 e. The second kappa shape index (κ2) is 12.0. The summed E-state index contributed by atoms with van der Waals surface area (Å²) in [6.45, 7) is 4.03. The summed E-state index contributed by atoms with van der Waals surface area (Å²) < 4.78 is 0. The normalized spacial score (nSPS) is 14.9. The van der Waals surface area contributed by atoms with Crippen molar-refractivity contribution in [2.45, 2.75) is 63.9 Å². The van der Waals surface area contributed by atoms with E-state index in [2.05, 4.69) is 30.4 Å². The van der Waals surface area contributed by atoms with Gasteiger partial charge in [-0.25, -0.2) is 0 Å². The molecule has 0 unspecified atom stereocenters. The highest BCUT2D eigenvalue weighted by atomic mass is 35.5. The maximum atomic E-state index is 13.2. The van der Waals surface area contributed by atoms with Crippen LogP contribution in [0.4, 0.5) is 0 Å². The van der Waals surface area contributed by atoms with Crippen LogP contribution in [0.1, 0.15) is 49.3 Å². The lowest BCUT2D eigenvalue weighted by Gasteiger charge is -2.30. The van der Waals surface area contributed by atoms with E-state index in [0.29, 0.717) is 15.6 Å². The minimum Gasteiger partial charge on any atom is -0.352 e. The van der Waals surface area contributed by atoms with Crippen molar-refractivity contribution in [2.75, 3.05) is 5.75 Å². The first-order valence-corrected chi connectivity index (χ1v) is 12.9. The lowest BCUT2D eigenvalue weighted by molar-refractivity contribution is -0.138. The molecule has 7 heteroatoms. The van der Waals surface area contributed by atoms with Crippen molar-refractivity contribution in [2.24, 2.45) is 0 Å². The molecule has 2 amide bonds. The number of hydrogen-bond donors (Lipinski definition) is 1. The first-order chi connectivity index (χ1) is 15.3. The van der Waals surface area contributed by atoms with Gasteiger partial charge in [0.15, 0.2) is 0 Å². The fourth-order valence-corrected chi connectivity index (χ4v) is 5.34. The number of carbonyl (C=O) groups excluding carboxylic acids is 2. The number of nitrogens with zero attached hydrogens (tertiary/aromatic N) is 1. The molecule has 1 N–H and O–H groups in total. The predicted molar refractivity (Wildman–Crippen MR) is 134 cm³/mol. The van der Waals surface area contributed by atoms with Gasteiger partial charge in [-0.15, -0.1) is 11.8 Å². The van der Waals surface area contributed by atoms with Gasteiger partial charge in [-0.05, 0) is 44.4 Å². The average Bonchev–Trinajstić information content (AvgIpc) is 3.26. The van der Waals surface area contributed by atoms with E-state index in [1.54, 1.807) is 41.8 Å². The van der Waals surface area contributed by atoms with Crippen molar-refractivity contribution < 1.29 is 9.59 Å². The van der Waals surface area contributed by atoms with Crippen molar-refractivity contribution in [3.05, 3.63) is 69.2 Å². The molecule has 32 heavy (non-hydrogen) atoms. The zero-order valence-electron chi connectivity index (χ0n) is 18.6. The molecule has 1 aliphatic rings. The fraction of sp³-hybridized carbons (Fsp3) is 0.440. The standard InChI is InChI=1S/C25H30Cl2N2O2S/c1-17-7-5-8-19(13-17)15-32-16-24(30)29(14-21-22(26)11-6-12-23(21)27)18(2)25(31)28-20-9-3-4-10-20/h5-8,11-13,18,20H,3-4,9-10,14-16H2,1-2H3,(H,28,31)/t18-/m1/s1. The van der Waals surface area contributed by atoms with Crippen LogP contribution in [0.25, 0.3) is 0 Å². The molecule has 0 heterocycles. The number of rotatable bonds is 9. The van der Waals surface area contributed by atoms with Gasteiger partial charge in [-0.3, -0.25) is 9.59 Å². The predicted octanol–water partition coefficient (Wildman–Crippen LogP) is 6.01. The molecule has 0 aliphatic heterocycles. The number of hydrogen-bond acceptors (Lipinski definition) is 3. The number of nitrogens with one attached hydrogen (secondary N) is 1. The number of carbonyl (C=O) groups is 2. The highest BCUT2D eigenvalue weighted by Gasteiger charge is 2.29. The lowest BCUT2D eigenvalue weighted by Crippen LogP contribution is -2.50. The highest BCUT2D eigenvalue weighted by molar-refractivity contribution is 7.99. The highest BCUT2D eigenvalue weighted by Crippen LogP contribution is 2.27. The molecule has 2 aromatic carbocycles. The van der Waals surface area contributed by atoms with Crippen molar-refractivity contribution in [3.63, 3.8) is 0 Å². The van der Waals surface area contributed by atoms with Gasteiger partial charge in [0.1, 0.15) is 6.04 Å². The fourth-order valence-electron chi connectivity index (χ4n) is 3.97. The van der Waals surface area contributed by atoms with E-state index in [-0.39, 0.29) is 30.2 Å². The van der Waals surface area contributed by atoms with Crippen LogP contribution in [-0.4, -0.2) is 34.6 Å². The van der Waals surface area contributed by atoms with Crippen LogP contribution in [0.3, 0.4) is 0 Å². The summed E-state index contributed by atoms with van der Waals surface area (Å²) >= 11 is 14.3. The average molecular weight is 494 g/mol. The molecular weight excluding hydrogens is 463 g/mol. The Balaban J connectivity index is 1.70. The van der Waals surface area contributed by atoms with Gasteiger partial charge in [0.05, 0.1) is 5.75 Å². The third-order valence-electron chi connectivity index (χ3n) is 5.84. The first-order valence-electron chi connectivity index (χ1n) is 11.0. The van der Waals surface area contributed by atoms with Gasteiger partial charge in [-0.1, -0.05) is 71.9 Å². The van der Waals surface area contributed by atoms with Crippen LogP contribution < -0.4 is 5.32 Å². The van der Waals surface area contributed by atoms with Gasteiger partial charge in [-0.2, -0.15) is 0 Å². The van der Waals surface area contributed by atoms with Crippen LogP contribution in [0.15, 0.2) is 42.5 Å². The van der Waals surface area contributed by atoms with Crippen LogP contribution in [0, 0.1) is 6.92 Å². The van der Waals surface area contributed by atoms with E-state index < -0.39 is 6.04 Å². The third-order valence-corrected chi connectivity index (χ3v) is 7.53. The maximum absolute atomic E-state index is 13.2. The Morgan fingerprint density at radius 1 is 1.12 bits per heavy atom. The number of benzene rings is 2. The summed E-state index contributed by atoms with van der Waals surface area (Å²) in [5.41, 5.74) is 3.03. The van der Waals surface area contributed by atoms with E-state index in [0.717, 1.165) is 31.4 Å². The first kappa shape index (κ1) is 24.9. The monoisotopic (exact) mass is 492 g/mol. The Kier molecular flexibility index (Phi) is 9.33. The SMILES string of the molecule is Cc1cccc(CSCC(=O)N(Cc2c(Cl)cccc2Cl)[C@H](C)C(=O)NC2CCCC2)c1.